The van der Waals surface area contributed by atoms with Gasteiger partial charge in [-0.2, -0.15) is 0 Å². The fourth-order valence-electron chi connectivity index (χ4n) is 1.97. The van der Waals surface area contributed by atoms with Gasteiger partial charge >= 0.3 is 0 Å². The molecular weight excluding hydrogens is 264 g/mol. The summed E-state index contributed by atoms with van der Waals surface area (Å²) < 4.78 is 26.9. The van der Waals surface area contributed by atoms with Crippen LogP contribution in [0.5, 0.6) is 0 Å². The first kappa shape index (κ1) is 15.9. The summed E-state index contributed by atoms with van der Waals surface area (Å²) in [4.78, 5) is 0.205. The molecule has 19 heavy (non-hydrogen) atoms. The Balaban J connectivity index is 2.98. The molecule has 0 amide bonds. The van der Waals surface area contributed by atoms with Gasteiger partial charge in [-0.15, -0.1) is 0 Å². The monoisotopic (exact) mass is 286 g/mol. The van der Waals surface area contributed by atoms with Crippen LogP contribution in [0.3, 0.4) is 0 Å². The van der Waals surface area contributed by atoms with Crippen molar-refractivity contribution in [3.63, 3.8) is 0 Å². The molecule has 108 valence electrons. The number of hydrogen-bond donors (Lipinski definition) is 3. The number of aliphatic hydroxyl groups is 1. The SMILES string of the molecule is CCCC(O)CNS(=O)(=O)c1c(C)ccc(N)c1C. The fraction of sp³-hybridized carbons (Fsp3) is 0.538. The lowest BCUT2D eigenvalue weighted by atomic mass is 10.1. The van der Waals surface area contributed by atoms with Crippen LogP contribution in [0.1, 0.15) is 30.9 Å². The summed E-state index contributed by atoms with van der Waals surface area (Å²) in [6.45, 7) is 5.36. The molecule has 0 spiro atoms. The number of benzene rings is 1. The van der Waals surface area contributed by atoms with Gasteiger partial charge in [-0.3, -0.25) is 0 Å². The number of aryl methyl sites for hydroxylation is 1. The van der Waals surface area contributed by atoms with Gasteiger partial charge in [-0.25, -0.2) is 13.1 Å². The van der Waals surface area contributed by atoms with E-state index in [2.05, 4.69) is 4.72 Å². The van der Waals surface area contributed by atoms with Crippen molar-refractivity contribution in [1.29, 1.82) is 0 Å². The lowest BCUT2D eigenvalue weighted by Gasteiger charge is -2.15. The van der Waals surface area contributed by atoms with E-state index in [-0.39, 0.29) is 11.4 Å². The molecule has 1 rings (SSSR count). The molecule has 6 heteroatoms. The number of anilines is 1. The van der Waals surface area contributed by atoms with Crippen LogP contribution in [0.4, 0.5) is 5.69 Å². The Morgan fingerprint density at radius 3 is 2.58 bits per heavy atom. The molecule has 0 heterocycles. The zero-order chi connectivity index (χ0) is 14.6. The molecule has 0 aliphatic heterocycles. The highest BCUT2D eigenvalue weighted by atomic mass is 32.2. The topological polar surface area (TPSA) is 92.4 Å². The number of aliphatic hydroxyl groups excluding tert-OH is 1. The highest BCUT2D eigenvalue weighted by Gasteiger charge is 2.21. The summed E-state index contributed by atoms with van der Waals surface area (Å²) >= 11 is 0. The van der Waals surface area contributed by atoms with Crippen molar-refractivity contribution in [3.8, 4) is 0 Å². The van der Waals surface area contributed by atoms with Gasteiger partial charge in [0.25, 0.3) is 0 Å². The van der Waals surface area contributed by atoms with Gasteiger partial charge in [0.1, 0.15) is 0 Å². The Hall–Kier alpha value is -1.11. The van der Waals surface area contributed by atoms with Gasteiger partial charge in [0.15, 0.2) is 0 Å². The third-order valence-electron chi connectivity index (χ3n) is 3.04. The minimum atomic E-state index is -3.65. The smallest absolute Gasteiger partial charge is 0.241 e. The normalized spacial score (nSPS) is 13.5. The molecule has 0 bridgehead atoms. The average molecular weight is 286 g/mol. The average Bonchev–Trinajstić information content (AvgIpc) is 2.32. The Morgan fingerprint density at radius 1 is 1.37 bits per heavy atom. The third-order valence-corrected chi connectivity index (χ3v) is 4.76. The van der Waals surface area contributed by atoms with Crippen LogP contribution in [0.2, 0.25) is 0 Å². The molecule has 0 fully saturated rings. The summed E-state index contributed by atoms with van der Waals surface area (Å²) in [6, 6.07) is 3.37. The van der Waals surface area contributed by atoms with E-state index >= 15 is 0 Å². The minimum Gasteiger partial charge on any atom is -0.398 e. The molecule has 1 atom stereocenters. The molecule has 0 aliphatic rings. The van der Waals surface area contributed by atoms with Crippen LogP contribution in [0.15, 0.2) is 17.0 Å². The molecule has 4 N–H and O–H groups in total. The summed E-state index contributed by atoms with van der Waals surface area (Å²) in [5, 5.41) is 9.60. The fourth-order valence-corrected chi connectivity index (χ4v) is 3.54. The zero-order valence-corrected chi connectivity index (χ0v) is 12.4. The van der Waals surface area contributed by atoms with E-state index in [0.717, 1.165) is 6.42 Å². The first-order valence-electron chi connectivity index (χ1n) is 6.33. The Morgan fingerprint density at radius 2 is 2.00 bits per heavy atom. The first-order valence-corrected chi connectivity index (χ1v) is 7.81. The van der Waals surface area contributed by atoms with Crippen molar-refractivity contribution < 1.29 is 13.5 Å². The van der Waals surface area contributed by atoms with Crippen LogP contribution in [-0.2, 0) is 10.0 Å². The van der Waals surface area contributed by atoms with E-state index in [0.29, 0.717) is 23.2 Å². The van der Waals surface area contributed by atoms with Crippen LogP contribution < -0.4 is 10.5 Å². The summed E-state index contributed by atoms with van der Waals surface area (Å²) in [5.41, 5.74) is 7.37. The maximum atomic E-state index is 12.3. The van der Waals surface area contributed by atoms with Crippen molar-refractivity contribution in [2.45, 2.75) is 44.6 Å². The zero-order valence-electron chi connectivity index (χ0n) is 11.6. The van der Waals surface area contributed by atoms with Gasteiger partial charge in [0.2, 0.25) is 10.0 Å². The highest BCUT2D eigenvalue weighted by molar-refractivity contribution is 7.89. The Kier molecular flexibility index (Phi) is 5.34. The van der Waals surface area contributed by atoms with Gasteiger partial charge < -0.3 is 10.8 Å². The second-order valence-electron chi connectivity index (χ2n) is 4.72. The highest BCUT2D eigenvalue weighted by Crippen LogP contribution is 2.24. The van der Waals surface area contributed by atoms with Crippen molar-refractivity contribution in [2.75, 3.05) is 12.3 Å². The predicted molar refractivity (Wildman–Crippen MR) is 76.4 cm³/mol. The maximum absolute atomic E-state index is 12.3. The standard InChI is InChI=1S/C13H22N2O3S/c1-4-5-11(16)8-15-19(17,18)13-9(2)6-7-12(14)10(13)3/h6-7,11,15-16H,4-5,8,14H2,1-3H3. The molecular formula is C13H22N2O3S. The predicted octanol–water partition coefficient (Wildman–Crippen LogP) is 1.32. The van der Waals surface area contributed by atoms with E-state index in [1.54, 1.807) is 26.0 Å². The second kappa shape index (κ2) is 6.36. The molecule has 1 aromatic rings. The third kappa shape index (κ3) is 3.92. The minimum absolute atomic E-state index is 0.0177. The molecule has 1 unspecified atom stereocenters. The number of hydrogen-bond acceptors (Lipinski definition) is 4. The van der Waals surface area contributed by atoms with E-state index in [1.807, 2.05) is 6.92 Å². The van der Waals surface area contributed by atoms with Crippen molar-refractivity contribution in [1.82, 2.24) is 4.72 Å². The molecule has 1 aromatic carbocycles. The lowest BCUT2D eigenvalue weighted by Crippen LogP contribution is -2.33. The van der Waals surface area contributed by atoms with Crippen molar-refractivity contribution in [3.05, 3.63) is 23.3 Å². The van der Waals surface area contributed by atoms with Gasteiger partial charge in [-0.05, 0) is 37.5 Å². The quantitative estimate of drug-likeness (QED) is 0.688. The van der Waals surface area contributed by atoms with Gasteiger partial charge in [0.05, 0.1) is 11.0 Å². The molecule has 0 saturated carbocycles. The van der Waals surface area contributed by atoms with E-state index in [4.69, 9.17) is 5.73 Å². The van der Waals surface area contributed by atoms with E-state index in [1.165, 1.54) is 0 Å². The first-order chi connectivity index (χ1) is 8.79. The molecule has 0 aliphatic carbocycles. The van der Waals surface area contributed by atoms with Crippen molar-refractivity contribution >= 4 is 15.7 Å². The molecule has 5 nitrogen and oxygen atoms in total. The number of nitrogen functional groups attached to an aromatic ring is 1. The van der Waals surface area contributed by atoms with Crippen molar-refractivity contribution in [2.24, 2.45) is 0 Å². The Labute approximate surface area is 114 Å². The summed E-state index contributed by atoms with van der Waals surface area (Å²) in [6.07, 6.45) is 0.706. The largest absolute Gasteiger partial charge is 0.398 e. The molecule has 0 radical (unpaired) electrons. The van der Waals surface area contributed by atoms with Crippen LogP contribution >= 0.6 is 0 Å². The van der Waals surface area contributed by atoms with Crippen LogP contribution in [0.25, 0.3) is 0 Å². The summed E-state index contributed by atoms with van der Waals surface area (Å²) in [5.74, 6) is 0. The maximum Gasteiger partial charge on any atom is 0.241 e. The van der Waals surface area contributed by atoms with E-state index in [9.17, 15) is 13.5 Å². The Bertz CT molecular complexity index is 541. The molecule has 0 saturated heterocycles. The number of nitrogens with one attached hydrogen (secondary N) is 1. The van der Waals surface area contributed by atoms with E-state index < -0.39 is 16.1 Å². The molecule has 0 aromatic heterocycles. The van der Waals surface area contributed by atoms with Gasteiger partial charge in [-0.1, -0.05) is 19.4 Å². The number of nitrogens with two attached hydrogens (primary N) is 1. The number of rotatable bonds is 6. The van der Waals surface area contributed by atoms with Crippen LogP contribution in [-0.4, -0.2) is 26.2 Å². The summed E-state index contributed by atoms with van der Waals surface area (Å²) in [7, 11) is -3.65. The van der Waals surface area contributed by atoms with Gasteiger partial charge in [0, 0.05) is 12.2 Å². The lowest BCUT2D eigenvalue weighted by molar-refractivity contribution is 0.167. The van der Waals surface area contributed by atoms with Crippen LogP contribution in [0, 0.1) is 13.8 Å². The second-order valence-corrected chi connectivity index (χ2v) is 6.42. The number of sulfonamides is 1.